The number of rotatable bonds is 2. The maximum absolute atomic E-state index is 12.2. The summed E-state index contributed by atoms with van der Waals surface area (Å²) in [5, 5.41) is 1.58. The van der Waals surface area contributed by atoms with Gasteiger partial charge in [-0.1, -0.05) is 44.7 Å². The molecule has 0 aromatic heterocycles. The second-order valence-electron chi connectivity index (χ2n) is 4.73. The SMILES string of the molecule is C.CCC1COC(=O)NC(C)(c2ccccc2)OS1(=O)=O. The molecule has 118 valence electrons. The van der Waals surface area contributed by atoms with Crippen molar-refractivity contribution in [3.63, 3.8) is 0 Å². The Hall–Kier alpha value is -1.60. The van der Waals surface area contributed by atoms with E-state index < -0.39 is 27.2 Å². The highest BCUT2D eigenvalue weighted by Crippen LogP contribution is 2.28. The van der Waals surface area contributed by atoms with Gasteiger partial charge in [-0.2, -0.15) is 8.42 Å². The molecule has 0 saturated carbocycles. The minimum absolute atomic E-state index is 0. The molecule has 1 saturated heterocycles. The molecule has 0 radical (unpaired) electrons. The van der Waals surface area contributed by atoms with Gasteiger partial charge in [-0.25, -0.2) is 8.98 Å². The van der Waals surface area contributed by atoms with Crippen LogP contribution < -0.4 is 5.32 Å². The van der Waals surface area contributed by atoms with Crippen LogP contribution in [-0.4, -0.2) is 26.4 Å². The van der Waals surface area contributed by atoms with Crippen LogP contribution in [0.15, 0.2) is 30.3 Å². The highest BCUT2D eigenvalue weighted by atomic mass is 32.2. The molecule has 1 aromatic rings. The van der Waals surface area contributed by atoms with Crippen molar-refractivity contribution in [2.24, 2.45) is 0 Å². The van der Waals surface area contributed by atoms with E-state index in [4.69, 9.17) is 8.92 Å². The van der Waals surface area contributed by atoms with E-state index in [1.54, 1.807) is 37.3 Å². The van der Waals surface area contributed by atoms with Crippen molar-refractivity contribution in [1.82, 2.24) is 5.32 Å². The lowest BCUT2D eigenvalue weighted by Crippen LogP contribution is -2.51. The Balaban J connectivity index is 0.00000220. The molecule has 1 aliphatic heterocycles. The average Bonchev–Trinajstić information content (AvgIpc) is 2.38. The zero-order valence-corrected chi connectivity index (χ0v) is 12.1. The zero-order chi connectivity index (χ0) is 14.8. The molecule has 1 amide bonds. The van der Waals surface area contributed by atoms with Crippen LogP contribution in [0.1, 0.15) is 33.3 Å². The van der Waals surface area contributed by atoms with E-state index in [0.29, 0.717) is 12.0 Å². The molecule has 1 fully saturated rings. The number of hydrogen-bond acceptors (Lipinski definition) is 5. The highest BCUT2D eigenvalue weighted by molar-refractivity contribution is 7.87. The molecule has 1 aromatic carbocycles. The third kappa shape index (κ3) is 3.74. The lowest BCUT2D eigenvalue weighted by atomic mass is 10.1. The predicted molar refractivity (Wildman–Crippen MR) is 79.1 cm³/mol. The number of carbonyl (C=O) groups is 1. The smallest absolute Gasteiger partial charge is 0.409 e. The normalized spacial score (nSPS) is 28.3. The Morgan fingerprint density at radius 2 is 1.95 bits per heavy atom. The van der Waals surface area contributed by atoms with Crippen LogP contribution in [-0.2, 0) is 24.8 Å². The number of carbonyl (C=O) groups excluding carboxylic acids is 1. The molecule has 6 nitrogen and oxygen atoms in total. The summed E-state index contributed by atoms with van der Waals surface area (Å²) in [6.45, 7) is 2.98. The monoisotopic (exact) mass is 315 g/mol. The molecular weight excluding hydrogens is 294 g/mol. The second kappa shape index (κ2) is 6.44. The Labute approximate surface area is 125 Å². The third-order valence-corrected chi connectivity index (χ3v) is 5.06. The first-order chi connectivity index (χ1) is 9.37. The first-order valence-electron chi connectivity index (χ1n) is 6.32. The molecule has 2 atom stereocenters. The lowest BCUT2D eigenvalue weighted by molar-refractivity contribution is 0.0325. The Kier molecular flexibility index (Phi) is 5.36. The molecule has 7 heteroatoms. The molecule has 0 spiro atoms. The summed E-state index contributed by atoms with van der Waals surface area (Å²) in [6, 6.07) is 8.62. The van der Waals surface area contributed by atoms with Crippen molar-refractivity contribution in [2.45, 2.75) is 38.7 Å². The van der Waals surface area contributed by atoms with Gasteiger partial charge in [-0.05, 0) is 13.3 Å². The lowest BCUT2D eigenvalue weighted by Gasteiger charge is -2.33. The second-order valence-corrected chi connectivity index (χ2v) is 6.55. The first-order valence-corrected chi connectivity index (χ1v) is 7.79. The van der Waals surface area contributed by atoms with Crippen molar-refractivity contribution >= 4 is 16.2 Å². The van der Waals surface area contributed by atoms with Gasteiger partial charge < -0.3 is 4.74 Å². The van der Waals surface area contributed by atoms with Crippen LogP contribution in [0.2, 0.25) is 0 Å². The van der Waals surface area contributed by atoms with E-state index in [0.717, 1.165) is 0 Å². The van der Waals surface area contributed by atoms with Crippen LogP contribution in [0, 0.1) is 0 Å². The van der Waals surface area contributed by atoms with Crippen molar-refractivity contribution in [3.8, 4) is 0 Å². The zero-order valence-electron chi connectivity index (χ0n) is 11.3. The summed E-state index contributed by atoms with van der Waals surface area (Å²) in [7, 11) is -3.85. The van der Waals surface area contributed by atoms with E-state index in [2.05, 4.69) is 5.32 Å². The van der Waals surface area contributed by atoms with Crippen LogP contribution in [0.4, 0.5) is 4.79 Å². The number of cyclic esters (lactones) is 1. The van der Waals surface area contributed by atoms with Gasteiger partial charge in [0.25, 0.3) is 10.1 Å². The maximum Gasteiger partial charge on any atom is 0.409 e. The molecule has 21 heavy (non-hydrogen) atoms. The van der Waals surface area contributed by atoms with Crippen molar-refractivity contribution in [2.75, 3.05) is 6.61 Å². The van der Waals surface area contributed by atoms with Gasteiger partial charge in [0, 0.05) is 5.56 Å². The Morgan fingerprint density at radius 1 is 1.33 bits per heavy atom. The fraction of sp³-hybridized carbons (Fsp3) is 0.500. The van der Waals surface area contributed by atoms with E-state index >= 15 is 0 Å². The molecule has 0 aliphatic carbocycles. The molecule has 1 aliphatic rings. The summed E-state index contributed by atoms with van der Waals surface area (Å²) < 4.78 is 34.7. The quantitative estimate of drug-likeness (QED) is 0.847. The van der Waals surface area contributed by atoms with Crippen LogP contribution in [0.25, 0.3) is 0 Å². The number of ether oxygens (including phenoxy) is 1. The topological polar surface area (TPSA) is 81.7 Å². The van der Waals surface area contributed by atoms with Gasteiger partial charge in [0.05, 0.1) is 0 Å². The van der Waals surface area contributed by atoms with Crippen LogP contribution >= 0.6 is 0 Å². The summed E-state index contributed by atoms with van der Waals surface area (Å²) in [5.41, 5.74) is -0.956. The van der Waals surface area contributed by atoms with Crippen molar-refractivity contribution in [3.05, 3.63) is 35.9 Å². The molecule has 2 unspecified atom stereocenters. The fourth-order valence-corrected chi connectivity index (χ4v) is 3.38. The number of alkyl carbamates (subject to hydrolysis) is 1. The highest BCUT2D eigenvalue weighted by Gasteiger charge is 2.41. The maximum atomic E-state index is 12.2. The standard InChI is InChI=1S/C13H17NO5S.CH4/c1-3-11-9-18-12(15)14-13(2,19-20(11,16)17)10-7-5-4-6-8-10;/h4-8,11H,3,9H2,1-2H3,(H,14,15);1H4. The van der Waals surface area contributed by atoms with E-state index in [1.807, 2.05) is 0 Å². The van der Waals surface area contributed by atoms with Crippen LogP contribution in [0.3, 0.4) is 0 Å². The minimum atomic E-state index is -3.85. The van der Waals surface area contributed by atoms with Crippen LogP contribution in [0.5, 0.6) is 0 Å². The number of nitrogens with one attached hydrogen (secondary N) is 1. The van der Waals surface area contributed by atoms with E-state index in [-0.39, 0.29) is 14.0 Å². The molecule has 1 heterocycles. The minimum Gasteiger partial charge on any atom is -0.448 e. The van der Waals surface area contributed by atoms with E-state index in [9.17, 15) is 13.2 Å². The molecule has 2 rings (SSSR count). The molecular formula is C14H21NO5S. The van der Waals surface area contributed by atoms with Gasteiger partial charge in [0.15, 0.2) is 5.72 Å². The number of amides is 1. The van der Waals surface area contributed by atoms with Gasteiger partial charge in [-0.15, -0.1) is 0 Å². The van der Waals surface area contributed by atoms with Gasteiger partial charge >= 0.3 is 6.09 Å². The predicted octanol–water partition coefficient (Wildman–Crippen LogP) is 2.36. The van der Waals surface area contributed by atoms with Gasteiger partial charge in [-0.3, -0.25) is 5.32 Å². The summed E-state index contributed by atoms with van der Waals surface area (Å²) >= 11 is 0. The Bertz CT molecular complexity index is 587. The third-order valence-electron chi connectivity index (χ3n) is 3.21. The molecule has 1 N–H and O–H groups in total. The Morgan fingerprint density at radius 3 is 2.52 bits per heavy atom. The number of hydrogen-bond donors (Lipinski definition) is 1. The number of benzene rings is 1. The van der Waals surface area contributed by atoms with Gasteiger partial charge in [0.1, 0.15) is 11.9 Å². The summed E-state index contributed by atoms with van der Waals surface area (Å²) in [4.78, 5) is 11.7. The summed E-state index contributed by atoms with van der Waals surface area (Å²) in [5.74, 6) is 0. The molecule has 0 bridgehead atoms. The van der Waals surface area contributed by atoms with Crippen molar-refractivity contribution in [1.29, 1.82) is 0 Å². The van der Waals surface area contributed by atoms with E-state index in [1.165, 1.54) is 6.92 Å². The van der Waals surface area contributed by atoms with Crippen molar-refractivity contribution < 1.29 is 22.1 Å². The summed E-state index contributed by atoms with van der Waals surface area (Å²) in [6.07, 6.45) is -0.398. The largest absolute Gasteiger partial charge is 0.448 e. The first kappa shape index (κ1) is 17.5. The fourth-order valence-electron chi connectivity index (χ4n) is 2.00. The van der Waals surface area contributed by atoms with Gasteiger partial charge in [0.2, 0.25) is 0 Å². The average molecular weight is 315 g/mol.